The lowest BCUT2D eigenvalue weighted by molar-refractivity contribution is 0.529. The Morgan fingerprint density at radius 1 is 1.16 bits per heavy atom. The number of nitrogens with zero attached hydrogens (tertiary/aromatic N) is 1. The Morgan fingerprint density at radius 3 is 2.79 bits per heavy atom. The highest BCUT2D eigenvalue weighted by molar-refractivity contribution is 9.09. The van der Waals surface area contributed by atoms with Crippen molar-refractivity contribution in [3.05, 3.63) is 65.7 Å². The Kier molecular flexibility index (Phi) is 3.38. The molecule has 0 spiro atoms. The molecule has 96 valence electrons. The molecule has 0 bridgehead atoms. The van der Waals surface area contributed by atoms with Crippen molar-refractivity contribution in [3.8, 4) is 0 Å². The molecule has 0 fully saturated rings. The molecule has 19 heavy (non-hydrogen) atoms. The first-order valence-corrected chi connectivity index (χ1v) is 7.18. The summed E-state index contributed by atoms with van der Waals surface area (Å²) >= 11 is 3.72. The van der Waals surface area contributed by atoms with Crippen LogP contribution in [0, 0.1) is 6.92 Å². The highest BCUT2D eigenvalue weighted by Crippen LogP contribution is 2.30. The van der Waals surface area contributed by atoms with Crippen LogP contribution in [0.1, 0.15) is 21.8 Å². The van der Waals surface area contributed by atoms with Crippen LogP contribution >= 0.6 is 15.9 Å². The fourth-order valence-electron chi connectivity index (χ4n) is 2.24. The second-order valence-corrected chi connectivity index (χ2v) is 5.70. The van der Waals surface area contributed by atoms with Gasteiger partial charge in [-0.3, -0.25) is 4.98 Å². The van der Waals surface area contributed by atoms with Gasteiger partial charge in [-0.1, -0.05) is 40.2 Å². The SMILES string of the molecule is Cc1occc1C(Br)Cc1ccc2ccccc2n1. The minimum atomic E-state index is 0.236. The molecule has 0 amide bonds. The third-order valence-corrected chi connectivity index (χ3v) is 4.10. The summed E-state index contributed by atoms with van der Waals surface area (Å²) in [7, 11) is 0. The maximum atomic E-state index is 5.34. The van der Waals surface area contributed by atoms with E-state index in [4.69, 9.17) is 9.40 Å². The Bertz CT molecular complexity index is 705. The summed E-state index contributed by atoms with van der Waals surface area (Å²) in [5.74, 6) is 0.961. The van der Waals surface area contributed by atoms with Crippen molar-refractivity contribution in [1.82, 2.24) is 4.98 Å². The summed E-state index contributed by atoms with van der Waals surface area (Å²) in [5.41, 5.74) is 3.32. The lowest BCUT2D eigenvalue weighted by Crippen LogP contribution is -1.98. The summed E-state index contributed by atoms with van der Waals surface area (Å²) in [4.78, 5) is 4.93. The fraction of sp³-hybridized carbons (Fsp3) is 0.188. The summed E-state index contributed by atoms with van der Waals surface area (Å²) in [6.45, 7) is 1.98. The number of halogens is 1. The van der Waals surface area contributed by atoms with Crippen LogP contribution in [0.2, 0.25) is 0 Å². The topological polar surface area (TPSA) is 26.0 Å². The van der Waals surface area contributed by atoms with Gasteiger partial charge in [0.05, 0.1) is 11.8 Å². The van der Waals surface area contributed by atoms with Crippen LogP contribution in [0.25, 0.3) is 10.9 Å². The maximum Gasteiger partial charge on any atom is 0.105 e. The van der Waals surface area contributed by atoms with Crippen molar-refractivity contribution in [3.63, 3.8) is 0 Å². The standard InChI is InChI=1S/C16H14BrNO/c1-11-14(8-9-19-11)15(17)10-13-7-6-12-4-2-3-5-16(12)18-13/h2-9,15H,10H2,1H3. The lowest BCUT2D eigenvalue weighted by atomic mass is 10.1. The zero-order chi connectivity index (χ0) is 13.2. The molecule has 0 N–H and O–H groups in total. The van der Waals surface area contributed by atoms with Crippen molar-refractivity contribution in [2.45, 2.75) is 18.2 Å². The van der Waals surface area contributed by atoms with E-state index in [0.29, 0.717) is 0 Å². The number of benzene rings is 1. The van der Waals surface area contributed by atoms with Crippen molar-refractivity contribution >= 4 is 26.8 Å². The lowest BCUT2D eigenvalue weighted by Gasteiger charge is -2.09. The largest absolute Gasteiger partial charge is 0.469 e. The molecule has 1 unspecified atom stereocenters. The van der Waals surface area contributed by atoms with Crippen LogP contribution in [0.15, 0.2) is 53.1 Å². The van der Waals surface area contributed by atoms with E-state index in [0.717, 1.165) is 23.4 Å². The minimum Gasteiger partial charge on any atom is -0.469 e. The smallest absolute Gasteiger partial charge is 0.105 e. The summed E-state index contributed by atoms with van der Waals surface area (Å²) in [5, 5.41) is 1.18. The quantitative estimate of drug-likeness (QED) is 0.648. The molecule has 1 atom stereocenters. The zero-order valence-electron chi connectivity index (χ0n) is 10.6. The monoisotopic (exact) mass is 315 g/mol. The summed E-state index contributed by atoms with van der Waals surface area (Å²) in [6, 6.07) is 14.4. The molecular formula is C16H14BrNO. The van der Waals surface area contributed by atoms with Crippen molar-refractivity contribution in [2.75, 3.05) is 0 Å². The fourth-order valence-corrected chi connectivity index (χ4v) is 3.04. The second kappa shape index (κ2) is 5.17. The van der Waals surface area contributed by atoms with E-state index in [1.807, 2.05) is 31.2 Å². The van der Waals surface area contributed by atoms with E-state index in [-0.39, 0.29) is 4.83 Å². The van der Waals surface area contributed by atoms with Crippen LogP contribution < -0.4 is 0 Å². The zero-order valence-corrected chi connectivity index (χ0v) is 12.2. The molecule has 0 aliphatic carbocycles. The van der Waals surface area contributed by atoms with Gasteiger partial charge in [0.25, 0.3) is 0 Å². The van der Waals surface area contributed by atoms with Gasteiger partial charge in [-0.25, -0.2) is 0 Å². The molecular weight excluding hydrogens is 302 g/mol. The molecule has 3 rings (SSSR count). The minimum absolute atomic E-state index is 0.236. The summed E-state index contributed by atoms with van der Waals surface area (Å²) < 4.78 is 5.34. The maximum absolute atomic E-state index is 5.34. The third-order valence-electron chi connectivity index (χ3n) is 3.28. The number of alkyl halides is 1. The second-order valence-electron chi connectivity index (χ2n) is 4.60. The van der Waals surface area contributed by atoms with Crippen LogP contribution in [0.3, 0.4) is 0 Å². The highest BCUT2D eigenvalue weighted by atomic mass is 79.9. The Hall–Kier alpha value is -1.61. The number of pyridine rings is 1. The van der Waals surface area contributed by atoms with Gasteiger partial charge in [0.1, 0.15) is 5.76 Å². The van der Waals surface area contributed by atoms with E-state index < -0.39 is 0 Å². The van der Waals surface area contributed by atoms with E-state index in [2.05, 4.69) is 34.1 Å². The average molecular weight is 316 g/mol. The highest BCUT2D eigenvalue weighted by Gasteiger charge is 2.14. The molecule has 3 heteroatoms. The number of hydrogen-bond acceptors (Lipinski definition) is 2. The van der Waals surface area contributed by atoms with Crippen molar-refractivity contribution in [2.24, 2.45) is 0 Å². The number of rotatable bonds is 3. The van der Waals surface area contributed by atoms with E-state index in [1.54, 1.807) is 6.26 Å². The first-order chi connectivity index (χ1) is 9.24. The van der Waals surface area contributed by atoms with Gasteiger partial charge in [0.15, 0.2) is 0 Å². The summed E-state index contributed by atoms with van der Waals surface area (Å²) in [6.07, 6.45) is 2.58. The molecule has 3 aromatic rings. The number of aryl methyl sites for hydroxylation is 1. The number of hydrogen-bond donors (Lipinski definition) is 0. The molecule has 0 radical (unpaired) electrons. The van der Waals surface area contributed by atoms with Crippen molar-refractivity contribution in [1.29, 1.82) is 0 Å². The van der Waals surface area contributed by atoms with Crippen LogP contribution in [-0.2, 0) is 6.42 Å². The molecule has 0 aliphatic rings. The van der Waals surface area contributed by atoms with E-state index in [9.17, 15) is 0 Å². The number of para-hydroxylation sites is 1. The van der Waals surface area contributed by atoms with Gasteiger partial charge in [-0.15, -0.1) is 0 Å². The Labute approximate surface area is 120 Å². The van der Waals surface area contributed by atoms with Gasteiger partial charge in [-0.2, -0.15) is 0 Å². The molecule has 1 aromatic carbocycles. The molecule has 2 aromatic heterocycles. The van der Waals surface area contributed by atoms with Crippen molar-refractivity contribution < 1.29 is 4.42 Å². The Balaban J connectivity index is 1.87. The number of fused-ring (bicyclic) bond motifs is 1. The number of furan rings is 1. The van der Waals surface area contributed by atoms with Gasteiger partial charge in [0, 0.05) is 27.9 Å². The predicted octanol–water partition coefficient (Wildman–Crippen LogP) is 4.81. The van der Waals surface area contributed by atoms with Gasteiger partial charge in [0.2, 0.25) is 0 Å². The average Bonchev–Trinajstić information content (AvgIpc) is 2.85. The van der Waals surface area contributed by atoms with Crippen LogP contribution in [-0.4, -0.2) is 4.98 Å². The van der Waals surface area contributed by atoms with Gasteiger partial charge in [-0.05, 0) is 25.1 Å². The third kappa shape index (κ3) is 2.56. The number of aromatic nitrogens is 1. The van der Waals surface area contributed by atoms with Crippen LogP contribution in [0.4, 0.5) is 0 Å². The van der Waals surface area contributed by atoms with E-state index >= 15 is 0 Å². The molecule has 0 saturated heterocycles. The predicted molar refractivity (Wildman–Crippen MR) is 80.6 cm³/mol. The van der Waals surface area contributed by atoms with Gasteiger partial charge < -0.3 is 4.42 Å². The normalized spacial score (nSPS) is 12.7. The molecule has 2 nitrogen and oxygen atoms in total. The molecule has 2 heterocycles. The molecule has 0 saturated carbocycles. The van der Waals surface area contributed by atoms with E-state index in [1.165, 1.54) is 10.9 Å². The molecule has 0 aliphatic heterocycles. The Morgan fingerprint density at radius 2 is 2.00 bits per heavy atom. The first kappa shape index (κ1) is 12.4. The van der Waals surface area contributed by atoms with Crippen LogP contribution in [0.5, 0.6) is 0 Å². The van der Waals surface area contributed by atoms with Gasteiger partial charge >= 0.3 is 0 Å². The first-order valence-electron chi connectivity index (χ1n) is 6.27.